The summed E-state index contributed by atoms with van der Waals surface area (Å²) in [4.78, 5) is 1.59. The van der Waals surface area contributed by atoms with E-state index in [4.69, 9.17) is 4.74 Å². The molecule has 2 aromatic carbocycles. The molecular formula is C22H29F3N2O3+2. The summed E-state index contributed by atoms with van der Waals surface area (Å²) in [5, 5.41) is 12.3. The summed E-state index contributed by atoms with van der Waals surface area (Å²) in [6.45, 7) is 3.92. The summed E-state index contributed by atoms with van der Waals surface area (Å²) in [5.74, 6) is 0.0888. The van der Waals surface area contributed by atoms with Crippen LogP contribution in [0.2, 0.25) is 0 Å². The molecule has 1 saturated heterocycles. The number of rotatable bonds is 9. The van der Waals surface area contributed by atoms with E-state index in [1.165, 1.54) is 29.8 Å². The van der Waals surface area contributed by atoms with E-state index < -0.39 is 12.5 Å². The number of ether oxygens (including phenoxy) is 2. The highest BCUT2D eigenvalue weighted by atomic mass is 19.4. The van der Waals surface area contributed by atoms with E-state index in [0.717, 1.165) is 32.5 Å². The lowest BCUT2D eigenvalue weighted by Crippen LogP contribution is -3.13. The summed E-state index contributed by atoms with van der Waals surface area (Å²) in [7, 11) is 0. The van der Waals surface area contributed by atoms with Gasteiger partial charge in [-0.25, -0.2) is 0 Å². The Bertz CT molecular complexity index is 748. The Hall–Kier alpha value is -2.29. The molecule has 30 heavy (non-hydrogen) atoms. The summed E-state index contributed by atoms with van der Waals surface area (Å²) in [6.07, 6.45) is -3.15. The summed E-state index contributed by atoms with van der Waals surface area (Å²) < 4.78 is 45.8. The number of aliphatic hydroxyl groups is 1. The van der Waals surface area contributed by atoms with Gasteiger partial charge in [0, 0.05) is 18.4 Å². The molecule has 3 rings (SSSR count). The molecule has 164 valence electrons. The van der Waals surface area contributed by atoms with Gasteiger partial charge >= 0.3 is 6.36 Å². The molecule has 2 aromatic rings. The molecule has 4 N–H and O–H groups in total. The number of halogens is 3. The molecule has 1 aliphatic heterocycles. The molecule has 1 fully saturated rings. The molecule has 5 nitrogen and oxygen atoms in total. The first-order chi connectivity index (χ1) is 14.4. The monoisotopic (exact) mass is 426 g/mol. The van der Waals surface area contributed by atoms with Gasteiger partial charge in [-0.05, 0) is 24.3 Å². The minimum Gasteiger partial charge on any atom is -0.491 e. The third kappa shape index (κ3) is 7.85. The zero-order chi connectivity index (χ0) is 21.4. The van der Waals surface area contributed by atoms with Crippen LogP contribution in [-0.4, -0.2) is 49.9 Å². The Kier molecular flexibility index (Phi) is 7.95. The van der Waals surface area contributed by atoms with E-state index in [9.17, 15) is 18.3 Å². The number of nitrogens with one attached hydrogen (secondary N) is 1. The van der Waals surface area contributed by atoms with Gasteiger partial charge in [0.1, 0.15) is 37.3 Å². The zero-order valence-corrected chi connectivity index (χ0v) is 16.8. The predicted molar refractivity (Wildman–Crippen MR) is 105 cm³/mol. The molecule has 1 aliphatic rings. The number of nitrogens with two attached hydrogens (primary N) is 1. The fourth-order valence-corrected chi connectivity index (χ4v) is 3.69. The van der Waals surface area contributed by atoms with Gasteiger partial charge in [-0.2, -0.15) is 0 Å². The average molecular weight is 426 g/mol. The Morgan fingerprint density at radius 1 is 1.00 bits per heavy atom. The maximum atomic E-state index is 12.2. The van der Waals surface area contributed by atoms with Crippen LogP contribution in [0.3, 0.4) is 0 Å². The topological polar surface area (TPSA) is 59.7 Å². The van der Waals surface area contributed by atoms with Gasteiger partial charge in [-0.3, -0.25) is 0 Å². The minimum atomic E-state index is -4.71. The number of benzene rings is 2. The van der Waals surface area contributed by atoms with Crippen molar-refractivity contribution in [2.75, 3.05) is 26.2 Å². The van der Waals surface area contributed by atoms with Gasteiger partial charge in [0.2, 0.25) is 0 Å². The van der Waals surface area contributed by atoms with Crippen LogP contribution in [0.5, 0.6) is 11.5 Å². The van der Waals surface area contributed by atoms with Crippen LogP contribution in [-0.2, 0) is 6.54 Å². The van der Waals surface area contributed by atoms with Gasteiger partial charge in [0.15, 0.2) is 0 Å². The second-order valence-electron chi connectivity index (χ2n) is 7.71. The van der Waals surface area contributed by atoms with Gasteiger partial charge < -0.3 is 24.8 Å². The highest BCUT2D eigenvalue weighted by molar-refractivity contribution is 5.31. The SMILES string of the molecule is O[C@H](C[NH2+]C1CC[NH+](Cc2ccccc2)CC1)COc1ccc(OC(F)(F)F)cc1. The number of piperidine rings is 1. The Balaban J connectivity index is 1.31. The highest BCUT2D eigenvalue weighted by Crippen LogP contribution is 2.24. The standard InChI is InChI=1S/C22H27F3N2O3/c23-22(24,25)30-21-8-6-20(7-9-21)29-16-19(28)14-26-18-10-12-27(13-11-18)15-17-4-2-1-3-5-17/h1-9,18-19,26,28H,10-16H2/p+2/t19-/m1/s1. The normalized spacial score (nSPS) is 20.5. The van der Waals surface area contributed by atoms with Crippen molar-refractivity contribution in [1.82, 2.24) is 0 Å². The Morgan fingerprint density at radius 2 is 1.63 bits per heavy atom. The number of likely N-dealkylation sites (tertiary alicyclic amines) is 1. The van der Waals surface area contributed by atoms with Crippen molar-refractivity contribution in [2.24, 2.45) is 0 Å². The first-order valence-corrected chi connectivity index (χ1v) is 10.2. The summed E-state index contributed by atoms with van der Waals surface area (Å²) in [6, 6.07) is 16.2. The molecular weight excluding hydrogens is 397 g/mol. The second kappa shape index (κ2) is 10.7. The number of quaternary nitrogens is 2. The smallest absolute Gasteiger partial charge is 0.491 e. The van der Waals surface area contributed by atoms with Crippen molar-refractivity contribution in [2.45, 2.75) is 37.9 Å². The molecule has 1 heterocycles. The molecule has 8 heteroatoms. The number of hydrogen-bond acceptors (Lipinski definition) is 3. The molecule has 0 unspecified atom stereocenters. The third-order valence-corrected chi connectivity index (χ3v) is 5.28. The van der Waals surface area contributed by atoms with Gasteiger partial charge in [-0.1, -0.05) is 30.3 Å². The number of aliphatic hydroxyl groups excluding tert-OH is 1. The van der Waals surface area contributed by atoms with Gasteiger partial charge in [0.25, 0.3) is 0 Å². The molecule has 0 aromatic heterocycles. The predicted octanol–water partition coefficient (Wildman–Crippen LogP) is 1.14. The molecule has 0 saturated carbocycles. The fraction of sp³-hybridized carbons (Fsp3) is 0.455. The van der Waals surface area contributed by atoms with Crippen molar-refractivity contribution in [3.8, 4) is 11.5 Å². The van der Waals surface area contributed by atoms with Crippen molar-refractivity contribution in [3.05, 3.63) is 60.2 Å². The maximum Gasteiger partial charge on any atom is 0.573 e. The van der Waals surface area contributed by atoms with E-state index >= 15 is 0 Å². The summed E-state index contributed by atoms with van der Waals surface area (Å²) in [5.41, 5.74) is 1.36. The first-order valence-electron chi connectivity index (χ1n) is 10.2. The molecule has 0 amide bonds. The maximum absolute atomic E-state index is 12.2. The molecule has 0 radical (unpaired) electrons. The van der Waals surface area contributed by atoms with E-state index in [0.29, 0.717) is 18.3 Å². The Morgan fingerprint density at radius 3 is 2.27 bits per heavy atom. The van der Waals surface area contributed by atoms with Crippen molar-refractivity contribution in [1.29, 1.82) is 0 Å². The van der Waals surface area contributed by atoms with E-state index in [1.54, 1.807) is 4.90 Å². The molecule has 1 atom stereocenters. The lowest BCUT2D eigenvalue weighted by Gasteiger charge is -2.28. The van der Waals surface area contributed by atoms with Gasteiger partial charge in [0.05, 0.1) is 19.1 Å². The molecule has 0 spiro atoms. The van der Waals surface area contributed by atoms with Crippen LogP contribution in [0.4, 0.5) is 13.2 Å². The fourth-order valence-electron chi connectivity index (χ4n) is 3.69. The lowest BCUT2D eigenvalue weighted by atomic mass is 10.0. The molecule has 0 aliphatic carbocycles. The van der Waals surface area contributed by atoms with Crippen LogP contribution in [0.1, 0.15) is 18.4 Å². The zero-order valence-electron chi connectivity index (χ0n) is 16.8. The average Bonchev–Trinajstić information content (AvgIpc) is 2.72. The largest absolute Gasteiger partial charge is 0.573 e. The first kappa shape index (κ1) is 22.4. The lowest BCUT2D eigenvalue weighted by molar-refractivity contribution is -0.926. The molecule has 0 bridgehead atoms. The van der Waals surface area contributed by atoms with Crippen LogP contribution < -0.4 is 19.7 Å². The van der Waals surface area contributed by atoms with Gasteiger partial charge in [-0.15, -0.1) is 13.2 Å². The van der Waals surface area contributed by atoms with E-state index in [1.807, 2.05) is 6.07 Å². The quantitative estimate of drug-likeness (QED) is 0.564. The van der Waals surface area contributed by atoms with Crippen LogP contribution in [0.25, 0.3) is 0 Å². The highest BCUT2D eigenvalue weighted by Gasteiger charge is 2.31. The Labute approximate surface area is 174 Å². The van der Waals surface area contributed by atoms with Crippen LogP contribution in [0.15, 0.2) is 54.6 Å². The van der Waals surface area contributed by atoms with Crippen molar-refractivity contribution >= 4 is 0 Å². The van der Waals surface area contributed by atoms with Crippen molar-refractivity contribution in [3.63, 3.8) is 0 Å². The van der Waals surface area contributed by atoms with Crippen LogP contribution >= 0.6 is 0 Å². The minimum absolute atomic E-state index is 0.0913. The number of alkyl halides is 3. The van der Waals surface area contributed by atoms with E-state index in [2.05, 4.69) is 34.3 Å². The third-order valence-electron chi connectivity index (χ3n) is 5.28. The van der Waals surface area contributed by atoms with Crippen LogP contribution in [0, 0.1) is 0 Å². The summed E-state index contributed by atoms with van der Waals surface area (Å²) >= 11 is 0. The van der Waals surface area contributed by atoms with E-state index in [-0.39, 0.29) is 12.4 Å². The van der Waals surface area contributed by atoms with Crippen molar-refractivity contribution < 1.29 is 38.0 Å². The number of hydrogen-bond donors (Lipinski definition) is 3. The second-order valence-corrected chi connectivity index (χ2v) is 7.71.